The van der Waals surface area contributed by atoms with Gasteiger partial charge in [0.1, 0.15) is 18.4 Å². The molecule has 0 fully saturated rings. The van der Waals surface area contributed by atoms with Gasteiger partial charge in [-0.15, -0.1) is 0 Å². The molecule has 0 radical (unpaired) electrons. The largest absolute Gasteiger partial charge is 0.498 e. The average Bonchev–Trinajstić information content (AvgIpc) is 3.13. The highest BCUT2D eigenvalue weighted by atomic mass is 35.5. The van der Waals surface area contributed by atoms with Crippen LogP contribution in [0.4, 0.5) is 5.69 Å². The van der Waals surface area contributed by atoms with Crippen LogP contribution in [0.15, 0.2) is 59.2 Å². The highest BCUT2D eigenvalue weighted by Crippen LogP contribution is 2.23. The maximum absolute atomic E-state index is 12.1. The topological polar surface area (TPSA) is 90.7 Å². The second-order valence-corrected chi connectivity index (χ2v) is 7.14. The molecule has 0 aliphatic rings. The van der Waals surface area contributed by atoms with Crippen LogP contribution in [0.1, 0.15) is 31.7 Å². The lowest BCUT2D eigenvalue weighted by atomic mass is 10.2. The molecule has 0 saturated heterocycles. The number of halogens is 1. The monoisotopic (exact) mass is 458 g/mol. The molecule has 2 aromatic carbocycles. The van der Waals surface area contributed by atoms with Crippen molar-refractivity contribution in [2.45, 2.75) is 33.6 Å². The molecule has 8 heteroatoms. The molecule has 0 aliphatic heterocycles. The Morgan fingerprint density at radius 3 is 2.53 bits per heavy atom. The van der Waals surface area contributed by atoms with E-state index in [4.69, 9.17) is 20.8 Å². The van der Waals surface area contributed by atoms with E-state index in [1.807, 2.05) is 50.2 Å². The Hall–Kier alpha value is -3.32. The van der Waals surface area contributed by atoms with Crippen molar-refractivity contribution in [3.05, 3.63) is 71.3 Å². The average molecular weight is 459 g/mol. The van der Waals surface area contributed by atoms with E-state index in [1.54, 1.807) is 13.0 Å². The number of carbonyl (C=O) groups excluding carboxylic acids is 2. The minimum Gasteiger partial charge on any atom is -0.498 e. The normalized spacial score (nSPS) is 10.1. The maximum Gasteiger partial charge on any atom is 0.313 e. The first-order valence-electron chi connectivity index (χ1n) is 10.2. The number of nitrogens with zero attached hydrogens (tertiary/aromatic N) is 1. The number of rotatable bonds is 8. The standard InChI is InChI=1S/C16H13ClN2O2.C8H14O3/c1-10-6-7-11(17)13(8-10)18-15(20)9-16-19-12-4-2-3-5-14(12)21-16;1-4-10-7(3)6-8(9)11-5-2/h2-8H,9H2,1H3,(H,18,20);3-6H2,1-2H3. The number of carbonyl (C=O) groups is 2. The van der Waals surface area contributed by atoms with Gasteiger partial charge in [0.2, 0.25) is 11.8 Å². The second-order valence-electron chi connectivity index (χ2n) is 6.74. The lowest BCUT2D eigenvalue weighted by Crippen LogP contribution is -2.14. The number of benzene rings is 2. The van der Waals surface area contributed by atoms with Gasteiger partial charge in [-0.3, -0.25) is 9.59 Å². The van der Waals surface area contributed by atoms with E-state index in [9.17, 15) is 9.59 Å². The molecule has 0 saturated carbocycles. The van der Waals surface area contributed by atoms with Crippen molar-refractivity contribution in [1.29, 1.82) is 0 Å². The molecule has 0 unspecified atom stereocenters. The number of fused-ring (bicyclic) bond motifs is 1. The summed E-state index contributed by atoms with van der Waals surface area (Å²) in [6.45, 7) is 10.0. The van der Waals surface area contributed by atoms with Crippen LogP contribution < -0.4 is 5.32 Å². The Balaban J connectivity index is 0.000000282. The van der Waals surface area contributed by atoms with Crippen LogP contribution in [0.3, 0.4) is 0 Å². The number of ether oxygens (including phenoxy) is 2. The lowest BCUT2D eigenvalue weighted by Gasteiger charge is -2.06. The highest BCUT2D eigenvalue weighted by molar-refractivity contribution is 6.33. The fourth-order valence-corrected chi connectivity index (χ4v) is 2.86. The zero-order chi connectivity index (χ0) is 23.5. The molecule has 1 aromatic heterocycles. The van der Waals surface area contributed by atoms with Crippen LogP contribution in [0, 0.1) is 6.92 Å². The number of amides is 1. The van der Waals surface area contributed by atoms with Gasteiger partial charge < -0.3 is 19.2 Å². The third-order valence-electron chi connectivity index (χ3n) is 4.04. The quantitative estimate of drug-likeness (QED) is 0.356. The van der Waals surface area contributed by atoms with E-state index in [0.717, 1.165) is 11.1 Å². The van der Waals surface area contributed by atoms with Crippen molar-refractivity contribution in [2.75, 3.05) is 18.5 Å². The SMILES string of the molecule is C=C(CC(=O)OCC)OCC.Cc1ccc(Cl)c(NC(=O)Cc2nc3ccccc3o2)c1. The molecule has 7 nitrogen and oxygen atoms in total. The van der Waals surface area contributed by atoms with Gasteiger partial charge in [0.05, 0.1) is 29.7 Å². The van der Waals surface area contributed by atoms with Crippen LogP contribution in [0.5, 0.6) is 0 Å². The minimum absolute atomic E-state index is 0.0684. The van der Waals surface area contributed by atoms with E-state index in [2.05, 4.69) is 21.6 Å². The van der Waals surface area contributed by atoms with Crippen molar-refractivity contribution in [2.24, 2.45) is 0 Å². The number of oxazole rings is 1. The molecule has 170 valence electrons. The molecule has 0 atom stereocenters. The number of aryl methyl sites for hydroxylation is 1. The number of aromatic nitrogens is 1. The molecule has 0 bridgehead atoms. The molecule has 1 heterocycles. The summed E-state index contributed by atoms with van der Waals surface area (Å²) in [4.78, 5) is 27.1. The highest BCUT2D eigenvalue weighted by Gasteiger charge is 2.12. The van der Waals surface area contributed by atoms with E-state index in [1.165, 1.54) is 0 Å². The van der Waals surface area contributed by atoms with Crippen molar-refractivity contribution in [3.63, 3.8) is 0 Å². The van der Waals surface area contributed by atoms with Crippen molar-refractivity contribution in [3.8, 4) is 0 Å². The van der Waals surface area contributed by atoms with E-state index in [0.29, 0.717) is 41.2 Å². The van der Waals surface area contributed by atoms with Gasteiger partial charge in [-0.2, -0.15) is 0 Å². The first kappa shape index (κ1) is 24.9. The van der Waals surface area contributed by atoms with Gasteiger partial charge in [0, 0.05) is 0 Å². The molecule has 1 N–H and O–H groups in total. The predicted octanol–water partition coefficient (Wildman–Crippen LogP) is 5.46. The summed E-state index contributed by atoms with van der Waals surface area (Å²) in [6, 6.07) is 12.9. The third-order valence-corrected chi connectivity index (χ3v) is 4.37. The molecule has 3 aromatic rings. The van der Waals surface area contributed by atoms with Gasteiger partial charge in [-0.05, 0) is 50.6 Å². The molecule has 3 rings (SSSR count). The third kappa shape index (κ3) is 8.07. The van der Waals surface area contributed by atoms with Crippen molar-refractivity contribution >= 4 is 40.3 Å². The number of anilines is 1. The van der Waals surface area contributed by atoms with Crippen LogP contribution in [0.2, 0.25) is 5.02 Å². The summed E-state index contributed by atoms with van der Waals surface area (Å²) in [5.41, 5.74) is 3.04. The second kappa shape index (κ2) is 12.5. The smallest absolute Gasteiger partial charge is 0.313 e. The number of esters is 1. The molecule has 0 spiro atoms. The first-order chi connectivity index (χ1) is 15.3. The van der Waals surface area contributed by atoms with Crippen LogP contribution in [0.25, 0.3) is 11.1 Å². The van der Waals surface area contributed by atoms with Crippen molar-refractivity contribution in [1.82, 2.24) is 4.98 Å². The Kier molecular flexibility index (Phi) is 9.76. The maximum atomic E-state index is 12.1. The summed E-state index contributed by atoms with van der Waals surface area (Å²) >= 11 is 6.05. The number of hydrogen-bond acceptors (Lipinski definition) is 6. The summed E-state index contributed by atoms with van der Waals surface area (Å²) in [5.74, 6) is 0.350. The fourth-order valence-electron chi connectivity index (χ4n) is 2.69. The zero-order valence-corrected chi connectivity index (χ0v) is 19.2. The Morgan fingerprint density at radius 1 is 1.12 bits per heavy atom. The molecule has 1 amide bonds. The summed E-state index contributed by atoms with van der Waals surface area (Å²) < 4.78 is 15.2. The Bertz CT molecular complexity index is 1030. The number of para-hydroxylation sites is 2. The van der Waals surface area contributed by atoms with Crippen LogP contribution in [-0.4, -0.2) is 30.1 Å². The van der Waals surface area contributed by atoms with Crippen LogP contribution >= 0.6 is 11.6 Å². The summed E-state index contributed by atoms with van der Waals surface area (Å²) in [7, 11) is 0. The summed E-state index contributed by atoms with van der Waals surface area (Å²) in [5, 5.41) is 3.28. The molecular formula is C24H27ClN2O5. The van der Waals surface area contributed by atoms with Gasteiger partial charge in [0.25, 0.3) is 0 Å². The predicted molar refractivity (Wildman–Crippen MR) is 125 cm³/mol. The number of hydrogen-bond donors (Lipinski definition) is 1. The lowest BCUT2D eigenvalue weighted by molar-refractivity contribution is -0.143. The van der Waals surface area contributed by atoms with Crippen LogP contribution in [-0.2, 0) is 25.5 Å². The Morgan fingerprint density at radius 2 is 1.84 bits per heavy atom. The Labute approximate surface area is 192 Å². The summed E-state index contributed by atoms with van der Waals surface area (Å²) in [6.07, 6.45) is 0.223. The zero-order valence-electron chi connectivity index (χ0n) is 18.4. The molecular weight excluding hydrogens is 432 g/mol. The fraction of sp³-hybridized carbons (Fsp3) is 0.292. The van der Waals surface area contributed by atoms with Gasteiger partial charge >= 0.3 is 5.97 Å². The molecule has 32 heavy (non-hydrogen) atoms. The van der Waals surface area contributed by atoms with Gasteiger partial charge in [0.15, 0.2) is 5.58 Å². The number of nitrogens with one attached hydrogen (secondary N) is 1. The van der Waals surface area contributed by atoms with E-state index < -0.39 is 0 Å². The van der Waals surface area contributed by atoms with E-state index in [-0.39, 0.29) is 24.7 Å². The van der Waals surface area contributed by atoms with Crippen molar-refractivity contribution < 1.29 is 23.5 Å². The first-order valence-corrected chi connectivity index (χ1v) is 10.6. The van der Waals surface area contributed by atoms with E-state index >= 15 is 0 Å². The van der Waals surface area contributed by atoms with Gasteiger partial charge in [-0.1, -0.05) is 36.4 Å². The minimum atomic E-state index is -0.286. The van der Waals surface area contributed by atoms with Gasteiger partial charge in [-0.25, -0.2) is 4.98 Å². The molecule has 0 aliphatic carbocycles.